The lowest BCUT2D eigenvalue weighted by atomic mass is 10.3. The smallest absolute Gasteiger partial charge is 0.123 e. The highest BCUT2D eigenvalue weighted by molar-refractivity contribution is 5.44. The van der Waals surface area contributed by atoms with Gasteiger partial charge in [0.25, 0.3) is 0 Å². The van der Waals surface area contributed by atoms with Crippen LogP contribution in [-0.2, 0) is 0 Å². The van der Waals surface area contributed by atoms with Crippen molar-refractivity contribution in [2.45, 2.75) is 0 Å². The lowest BCUT2D eigenvalue weighted by Crippen LogP contribution is -2.36. The van der Waals surface area contributed by atoms with Gasteiger partial charge in [0.2, 0.25) is 0 Å². The molecule has 3 aromatic carbocycles. The van der Waals surface area contributed by atoms with E-state index in [4.69, 9.17) is 0 Å². The summed E-state index contributed by atoms with van der Waals surface area (Å²) in [5.74, 6) is -0.775. The summed E-state index contributed by atoms with van der Waals surface area (Å²) in [7, 11) is 0. The molecule has 0 aliphatic heterocycles. The maximum Gasteiger partial charge on any atom is 0.123 e. The largest absolute Gasteiger partial charge is 0.384 e. The van der Waals surface area contributed by atoms with Crippen molar-refractivity contribution >= 4 is 17.1 Å². The molecule has 0 heterocycles. The van der Waals surface area contributed by atoms with Crippen LogP contribution in [0.15, 0.2) is 72.8 Å². The van der Waals surface area contributed by atoms with Gasteiger partial charge in [-0.3, -0.25) is 4.90 Å². The number of nitrogens with one attached hydrogen (secondary N) is 3. The molecule has 0 amide bonds. The Morgan fingerprint density at radius 3 is 0.968 bits per heavy atom. The Hall–Kier alpha value is -3.19. The molecular weight excluding hydrogens is 401 g/mol. The molecule has 164 valence electrons. The third-order valence-corrected chi connectivity index (χ3v) is 4.80. The summed E-state index contributed by atoms with van der Waals surface area (Å²) in [5.41, 5.74) is 2.61. The first-order valence-corrected chi connectivity index (χ1v) is 10.3. The minimum absolute atomic E-state index is 0.258. The minimum atomic E-state index is -0.258. The fourth-order valence-corrected chi connectivity index (χ4v) is 3.11. The molecule has 0 atom stereocenters. The summed E-state index contributed by atoms with van der Waals surface area (Å²) in [6.07, 6.45) is 0. The van der Waals surface area contributed by atoms with Gasteiger partial charge in [0.15, 0.2) is 0 Å². The van der Waals surface area contributed by atoms with Crippen LogP contribution in [0.1, 0.15) is 0 Å². The van der Waals surface area contributed by atoms with E-state index in [1.807, 2.05) is 0 Å². The SMILES string of the molecule is Fc1ccc(NCCN(CCNc2ccc(F)cc2)CCNc2ccc(F)cc2)cc1. The third-order valence-electron chi connectivity index (χ3n) is 4.80. The lowest BCUT2D eigenvalue weighted by molar-refractivity contribution is 0.306. The first-order chi connectivity index (χ1) is 15.1. The predicted octanol–water partition coefficient (Wildman–Crippen LogP) is 5.04. The first-order valence-electron chi connectivity index (χ1n) is 10.3. The van der Waals surface area contributed by atoms with Crippen molar-refractivity contribution in [2.75, 3.05) is 55.2 Å². The molecule has 0 saturated carbocycles. The molecule has 0 aliphatic carbocycles. The second kappa shape index (κ2) is 11.9. The monoisotopic (exact) mass is 428 g/mol. The van der Waals surface area contributed by atoms with E-state index in [2.05, 4.69) is 20.9 Å². The van der Waals surface area contributed by atoms with Gasteiger partial charge in [-0.15, -0.1) is 0 Å². The van der Waals surface area contributed by atoms with E-state index in [0.29, 0.717) is 19.6 Å². The number of benzene rings is 3. The second-order valence-electron chi connectivity index (χ2n) is 7.14. The van der Waals surface area contributed by atoms with Crippen molar-refractivity contribution in [3.05, 3.63) is 90.2 Å². The predicted molar refractivity (Wildman–Crippen MR) is 121 cm³/mol. The molecule has 0 saturated heterocycles. The molecule has 0 aliphatic rings. The Labute approximate surface area is 181 Å². The molecule has 7 heteroatoms. The van der Waals surface area contributed by atoms with Crippen LogP contribution in [0.3, 0.4) is 0 Å². The summed E-state index contributed by atoms with van der Waals surface area (Å²) in [6.45, 7) is 4.48. The van der Waals surface area contributed by atoms with Gasteiger partial charge in [-0.1, -0.05) is 0 Å². The lowest BCUT2D eigenvalue weighted by Gasteiger charge is -2.23. The van der Waals surface area contributed by atoms with Crippen LogP contribution < -0.4 is 16.0 Å². The highest BCUT2D eigenvalue weighted by Crippen LogP contribution is 2.10. The number of halogens is 3. The Morgan fingerprint density at radius 2 is 0.710 bits per heavy atom. The zero-order valence-corrected chi connectivity index (χ0v) is 17.3. The van der Waals surface area contributed by atoms with Crippen molar-refractivity contribution in [3.8, 4) is 0 Å². The number of hydrogen-bond donors (Lipinski definition) is 3. The standard InChI is InChI=1S/C24H27F3N4/c25-19-1-7-22(8-2-19)28-13-16-31(17-14-29-23-9-3-20(26)4-10-23)18-15-30-24-11-5-21(27)6-12-24/h1-12,28-30H,13-18H2. The van der Waals surface area contributed by atoms with Crippen LogP contribution in [0.25, 0.3) is 0 Å². The molecule has 0 aromatic heterocycles. The van der Waals surface area contributed by atoms with E-state index in [-0.39, 0.29) is 17.5 Å². The molecule has 31 heavy (non-hydrogen) atoms. The second-order valence-corrected chi connectivity index (χ2v) is 7.14. The molecule has 3 aromatic rings. The Morgan fingerprint density at radius 1 is 0.452 bits per heavy atom. The normalized spacial score (nSPS) is 10.8. The summed E-state index contributed by atoms with van der Waals surface area (Å²) in [4.78, 5) is 2.28. The van der Waals surface area contributed by atoms with Crippen LogP contribution in [0.4, 0.5) is 30.2 Å². The van der Waals surface area contributed by atoms with E-state index in [0.717, 1.165) is 36.7 Å². The average Bonchev–Trinajstić information content (AvgIpc) is 2.77. The van der Waals surface area contributed by atoms with Crippen LogP contribution >= 0.6 is 0 Å². The zero-order chi connectivity index (χ0) is 21.9. The van der Waals surface area contributed by atoms with E-state index in [1.54, 1.807) is 36.4 Å². The number of anilines is 3. The van der Waals surface area contributed by atoms with Crippen LogP contribution in [-0.4, -0.2) is 44.2 Å². The molecule has 0 spiro atoms. The van der Waals surface area contributed by atoms with Crippen LogP contribution in [0, 0.1) is 17.5 Å². The van der Waals surface area contributed by atoms with Crippen molar-refractivity contribution in [3.63, 3.8) is 0 Å². The minimum Gasteiger partial charge on any atom is -0.384 e. The van der Waals surface area contributed by atoms with Crippen molar-refractivity contribution in [2.24, 2.45) is 0 Å². The van der Waals surface area contributed by atoms with Gasteiger partial charge >= 0.3 is 0 Å². The van der Waals surface area contributed by atoms with E-state index in [1.165, 1.54) is 36.4 Å². The molecular formula is C24H27F3N4. The summed E-state index contributed by atoms with van der Waals surface area (Å²) >= 11 is 0. The van der Waals surface area contributed by atoms with Crippen LogP contribution in [0.5, 0.6) is 0 Å². The first kappa shape index (κ1) is 22.5. The van der Waals surface area contributed by atoms with Crippen molar-refractivity contribution in [1.29, 1.82) is 0 Å². The topological polar surface area (TPSA) is 39.3 Å². The third kappa shape index (κ3) is 8.22. The molecule has 0 bridgehead atoms. The molecule has 0 radical (unpaired) electrons. The van der Waals surface area contributed by atoms with Gasteiger partial charge in [-0.2, -0.15) is 0 Å². The Balaban J connectivity index is 1.47. The van der Waals surface area contributed by atoms with E-state index < -0.39 is 0 Å². The fraction of sp³-hybridized carbons (Fsp3) is 0.250. The highest BCUT2D eigenvalue weighted by Gasteiger charge is 2.05. The number of rotatable bonds is 12. The summed E-state index contributed by atoms with van der Waals surface area (Å²) in [5, 5.41) is 9.90. The molecule has 0 fully saturated rings. The van der Waals surface area contributed by atoms with Gasteiger partial charge < -0.3 is 16.0 Å². The number of hydrogen-bond acceptors (Lipinski definition) is 4. The summed E-state index contributed by atoms with van der Waals surface area (Å²) in [6, 6.07) is 18.9. The maximum atomic E-state index is 13.0. The van der Waals surface area contributed by atoms with Gasteiger partial charge in [0, 0.05) is 56.3 Å². The van der Waals surface area contributed by atoms with Gasteiger partial charge in [0.1, 0.15) is 17.5 Å². The van der Waals surface area contributed by atoms with Crippen molar-refractivity contribution < 1.29 is 13.2 Å². The Bertz CT molecular complexity index is 777. The maximum absolute atomic E-state index is 13.0. The van der Waals surface area contributed by atoms with Gasteiger partial charge in [-0.05, 0) is 72.8 Å². The van der Waals surface area contributed by atoms with Gasteiger partial charge in [0.05, 0.1) is 0 Å². The van der Waals surface area contributed by atoms with Crippen LogP contribution in [0.2, 0.25) is 0 Å². The average molecular weight is 429 g/mol. The molecule has 3 rings (SSSR count). The quantitative estimate of drug-likeness (QED) is 0.378. The zero-order valence-electron chi connectivity index (χ0n) is 17.3. The van der Waals surface area contributed by atoms with E-state index in [9.17, 15) is 13.2 Å². The van der Waals surface area contributed by atoms with Crippen molar-refractivity contribution in [1.82, 2.24) is 4.90 Å². The number of nitrogens with zero attached hydrogens (tertiary/aromatic N) is 1. The fourth-order valence-electron chi connectivity index (χ4n) is 3.11. The molecule has 3 N–H and O–H groups in total. The van der Waals surface area contributed by atoms with Gasteiger partial charge in [-0.25, -0.2) is 13.2 Å². The highest BCUT2D eigenvalue weighted by atomic mass is 19.1. The molecule has 4 nitrogen and oxygen atoms in total. The molecule has 0 unspecified atom stereocenters. The Kier molecular flexibility index (Phi) is 8.60. The van der Waals surface area contributed by atoms with E-state index >= 15 is 0 Å². The summed E-state index contributed by atoms with van der Waals surface area (Å²) < 4.78 is 39.1.